The second kappa shape index (κ2) is 6.76. The minimum Gasteiger partial charge on any atom is -0.321 e. The Labute approximate surface area is 122 Å². The molecule has 0 fully saturated rings. The molecule has 2 aromatic rings. The zero-order valence-electron chi connectivity index (χ0n) is 10.7. The SMILES string of the molecule is NCC#Cc1ccc(C(=O)Nc2ccccc2Cl)cc1. The minimum atomic E-state index is -0.212. The number of benzene rings is 2. The largest absolute Gasteiger partial charge is 0.321 e. The highest BCUT2D eigenvalue weighted by Gasteiger charge is 2.07. The van der Waals surface area contributed by atoms with Gasteiger partial charge in [0.05, 0.1) is 17.3 Å². The van der Waals surface area contributed by atoms with Crippen molar-refractivity contribution in [1.29, 1.82) is 0 Å². The van der Waals surface area contributed by atoms with Gasteiger partial charge in [0.2, 0.25) is 0 Å². The van der Waals surface area contributed by atoms with Crippen molar-refractivity contribution in [3.8, 4) is 11.8 Å². The summed E-state index contributed by atoms with van der Waals surface area (Å²) in [6, 6.07) is 14.1. The molecule has 0 aliphatic heterocycles. The summed E-state index contributed by atoms with van der Waals surface area (Å²) in [4.78, 5) is 12.1. The Morgan fingerprint density at radius 3 is 2.50 bits per heavy atom. The number of nitrogens with one attached hydrogen (secondary N) is 1. The van der Waals surface area contributed by atoms with Crippen molar-refractivity contribution in [3.05, 3.63) is 64.7 Å². The second-order valence-corrected chi connectivity index (χ2v) is 4.42. The van der Waals surface area contributed by atoms with E-state index in [0.29, 0.717) is 22.8 Å². The third-order valence-electron chi connectivity index (χ3n) is 2.60. The Hall–Kier alpha value is -2.28. The topological polar surface area (TPSA) is 55.1 Å². The number of rotatable bonds is 2. The monoisotopic (exact) mass is 284 g/mol. The van der Waals surface area contributed by atoms with Gasteiger partial charge in [-0.05, 0) is 36.4 Å². The lowest BCUT2D eigenvalue weighted by Crippen LogP contribution is -2.12. The molecule has 2 aromatic carbocycles. The molecule has 20 heavy (non-hydrogen) atoms. The number of hydrogen-bond donors (Lipinski definition) is 2. The average molecular weight is 285 g/mol. The first kappa shape index (κ1) is 14.1. The van der Waals surface area contributed by atoms with Gasteiger partial charge in [0.15, 0.2) is 0 Å². The molecule has 0 aromatic heterocycles. The Morgan fingerprint density at radius 2 is 1.85 bits per heavy atom. The van der Waals surface area contributed by atoms with E-state index in [1.807, 2.05) is 12.1 Å². The number of anilines is 1. The van der Waals surface area contributed by atoms with Crippen LogP contribution in [0.3, 0.4) is 0 Å². The van der Waals surface area contributed by atoms with Gasteiger partial charge >= 0.3 is 0 Å². The van der Waals surface area contributed by atoms with Crippen molar-refractivity contribution >= 4 is 23.2 Å². The van der Waals surface area contributed by atoms with Crippen molar-refractivity contribution in [2.75, 3.05) is 11.9 Å². The fraction of sp³-hybridized carbons (Fsp3) is 0.0625. The summed E-state index contributed by atoms with van der Waals surface area (Å²) in [6.45, 7) is 0.314. The first-order chi connectivity index (χ1) is 9.70. The molecular formula is C16H13ClN2O. The second-order valence-electron chi connectivity index (χ2n) is 4.02. The Bertz CT molecular complexity index is 669. The fourth-order valence-corrected chi connectivity index (χ4v) is 1.80. The third-order valence-corrected chi connectivity index (χ3v) is 2.93. The van der Waals surface area contributed by atoms with Crippen LogP contribution in [0.15, 0.2) is 48.5 Å². The van der Waals surface area contributed by atoms with E-state index in [0.717, 1.165) is 5.56 Å². The van der Waals surface area contributed by atoms with E-state index < -0.39 is 0 Å². The van der Waals surface area contributed by atoms with E-state index in [4.69, 9.17) is 17.3 Å². The fourth-order valence-electron chi connectivity index (χ4n) is 1.62. The highest BCUT2D eigenvalue weighted by molar-refractivity contribution is 6.33. The van der Waals surface area contributed by atoms with Gasteiger partial charge in [-0.1, -0.05) is 35.6 Å². The molecule has 0 aliphatic carbocycles. The van der Waals surface area contributed by atoms with Crippen LogP contribution in [0.4, 0.5) is 5.69 Å². The predicted octanol–water partition coefficient (Wildman–Crippen LogP) is 2.90. The van der Waals surface area contributed by atoms with Crippen LogP contribution in [0.25, 0.3) is 0 Å². The lowest BCUT2D eigenvalue weighted by atomic mass is 10.1. The Balaban J connectivity index is 2.12. The number of nitrogens with two attached hydrogens (primary N) is 1. The van der Waals surface area contributed by atoms with Gasteiger partial charge in [-0.2, -0.15) is 0 Å². The van der Waals surface area contributed by atoms with Gasteiger partial charge in [0, 0.05) is 11.1 Å². The predicted molar refractivity (Wildman–Crippen MR) is 81.8 cm³/mol. The first-order valence-electron chi connectivity index (χ1n) is 6.05. The summed E-state index contributed by atoms with van der Waals surface area (Å²) >= 11 is 5.99. The summed E-state index contributed by atoms with van der Waals surface area (Å²) in [5.74, 6) is 5.45. The van der Waals surface area contributed by atoms with Crippen LogP contribution in [-0.4, -0.2) is 12.5 Å². The van der Waals surface area contributed by atoms with E-state index >= 15 is 0 Å². The summed E-state index contributed by atoms with van der Waals surface area (Å²) in [7, 11) is 0. The normalized spacial score (nSPS) is 9.50. The molecule has 0 radical (unpaired) electrons. The highest BCUT2D eigenvalue weighted by Crippen LogP contribution is 2.21. The van der Waals surface area contributed by atoms with Crippen LogP contribution in [-0.2, 0) is 0 Å². The molecule has 0 saturated heterocycles. The van der Waals surface area contributed by atoms with E-state index in [-0.39, 0.29) is 5.91 Å². The Morgan fingerprint density at radius 1 is 1.15 bits per heavy atom. The lowest BCUT2D eigenvalue weighted by molar-refractivity contribution is 0.102. The van der Waals surface area contributed by atoms with Crippen molar-refractivity contribution in [1.82, 2.24) is 0 Å². The average Bonchev–Trinajstić information content (AvgIpc) is 2.48. The molecule has 0 saturated carbocycles. The number of halogens is 1. The maximum Gasteiger partial charge on any atom is 0.255 e. The van der Waals surface area contributed by atoms with Crippen molar-refractivity contribution in [3.63, 3.8) is 0 Å². The molecule has 0 heterocycles. The van der Waals surface area contributed by atoms with Gasteiger partial charge in [0.25, 0.3) is 5.91 Å². The zero-order chi connectivity index (χ0) is 14.4. The summed E-state index contributed by atoms with van der Waals surface area (Å²) in [5, 5.41) is 3.27. The van der Waals surface area contributed by atoms with E-state index in [2.05, 4.69) is 17.2 Å². The quantitative estimate of drug-likeness (QED) is 0.833. The maximum absolute atomic E-state index is 12.1. The molecule has 0 unspecified atom stereocenters. The minimum absolute atomic E-state index is 0.212. The molecule has 3 nitrogen and oxygen atoms in total. The van der Waals surface area contributed by atoms with Gasteiger partial charge in [-0.25, -0.2) is 0 Å². The molecule has 1 amide bonds. The van der Waals surface area contributed by atoms with Gasteiger partial charge in [0.1, 0.15) is 0 Å². The van der Waals surface area contributed by atoms with Crippen molar-refractivity contribution in [2.45, 2.75) is 0 Å². The molecule has 100 valence electrons. The van der Waals surface area contributed by atoms with Gasteiger partial charge in [-0.15, -0.1) is 0 Å². The maximum atomic E-state index is 12.1. The van der Waals surface area contributed by atoms with Crippen molar-refractivity contribution in [2.24, 2.45) is 5.73 Å². The summed E-state index contributed by atoms with van der Waals surface area (Å²) in [5.41, 5.74) is 7.26. The van der Waals surface area contributed by atoms with Crippen LogP contribution >= 0.6 is 11.6 Å². The van der Waals surface area contributed by atoms with Crippen LogP contribution < -0.4 is 11.1 Å². The number of carbonyl (C=O) groups is 1. The Kier molecular flexibility index (Phi) is 4.78. The zero-order valence-corrected chi connectivity index (χ0v) is 11.4. The smallest absolute Gasteiger partial charge is 0.255 e. The molecule has 0 spiro atoms. The molecular weight excluding hydrogens is 272 g/mol. The standard InChI is InChI=1S/C16H13ClN2O/c17-14-5-1-2-6-15(14)19-16(20)13-9-7-12(8-10-13)4-3-11-18/h1-2,5-10H,11,18H2,(H,19,20). The van der Waals surface area contributed by atoms with Gasteiger partial charge in [-0.3, -0.25) is 4.79 Å². The third kappa shape index (κ3) is 3.61. The summed E-state index contributed by atoms with van der Waals surface area (Å²) in [6.07, 6.45) is 0. The van der Waals surface area contributed by atoms with Gasteiger partial charge < -0.3 is 11.1 Å². The number of amides is 1. The molecule has 0 aliphatic rings. The van der Waals surface area contributed by atoms with E-state index in [1.54, 1.807) is 36.4 Å². The van der Waals surface area contributed by atoms with Crippen LogP contribution in [0, 0.1) is 11.8 Å². The molecule has 0 atom stereocenters. The lowest BCUT2D eigenvalue weighted by Gasteiger charge is -2.06. The van der Waals surface area contributed by atoms with Crippen LogP contribution in [0.5, 0.6) is 0 Å². The number of para-hydroxylation sites is 1. The van der Waals surface area contributed by atoms with E-state index in [9.17, 15) is 4.79 Å². The first-order valence-corrected chi connectivity index (χ1v) is 6.43. The van der Waals surface area contributed by atoms with Crippen LogP contribution in [0.1, 0.15) is 15.9 Å². The number of carbonyl (C=O) groups excluding carboxylic acids is 1. The molecule has 2 rings (SSSR count). The molecule has 3 N–H and O–H groups in total. The molecule has 4 heteroatoms. The summed E-state index contributed by atoms with van der Waals surface area (Å²) < 4.78 is 0. The van der Waals surface area contributed by atoms with E-state index in [1.165, 1.54) is 0 Å². The van der Waals surface area contributed by atoms with Crippen molar-refractivity contribution < 1.29 is 4.79 Å². The van der Waals surface area contributed by atoms with Crippen LogP contribution in [0.2, 0.25) is 5.02 Å². The highest BCUT2D eigenvalue weighted by atomic mass is 35.5. The number of hydrogen-bond acceptors (Lipinski definition) is 2. The molecule has 0 bridgehead atoms.